The molecule has 21 heavy (non-hydrogen) atoms. The van der Waals surface area contributed by atoms with Gasteiger partial charge in [-0.3, -0.25) is 9.59 Å². The Bertz CT molecular complexity index is 599. The topological polar surface area (TPSA) is 83.5 Å². The summed E-state index contributed by atoms with van der Waals surface area (Å²) in [5, 5.41) is 2.51. The summed E-state index contributed by atoms with van der Waals surface area (Å²) in [4.78, 5) is 25.0. The van der Waals surface area contributed by atoms with Gasteiger partial charge < -0.3 is 10.2 Å². The molecule has 0 saturated carbocycles. The van der Waals surface area contributed by atoms with E-state index < -0.39 is 15.9 Å². The van der Waals surface area contributed by atoms with Crippen LogP contribution in [0.15, 0.2) is 30.3 Å². The molecule has 2 amide bonds. The minimum atomic E-state index is -3.20. The Morgan fingerprint density at radius 1 is 1.24 bits per heavy atom. The van der Waals surface area contributed by atoms with Crippen molar-refractivity contribution in [3.8, 4) is 0 Å². The van der Waals surface area contributed by atoms with Crippen LogP contribution >= 0.6 is 0 Å². The maximum atomic E-state index is 12.4. The molecule has 0 bridgehead atoms. The predicted molar refractivity (Wildman–Crippen MR) is 81.8 cm³/mol. The summed E-state index contributed by atoms with van der Waals surface area (Å²) < 4.78 is 22.5. The van der Waals surface area contributed by atoms with E-state index in [9.17, 15) is 18.0 Å². The molecule has 0 aliphatic heterocycles. The lowest BCUT2D eigenvalue weighted by Gasteiger charge is -2.24. The summed E-state index contributed by atoms with van der Waals surface area (Å²) in [5.41, 5.74) is 0.678. The quantitative estimate of drug-likeness (QED) is 0.833. The molecule has 1 atom stereocenters. The molecule has 0 aromatic heterocycles. The summed E-state index contributed by atoms with van der Waals surface area (Å²) in [6.45, 7) is 1.29. The summed E-state index contributed by atoms with van der Waals surface area (Å²) in [6, 6.07) is 8.09. The predicted octanol–water partition coefficient (Wildman–Crippen LogP) is 0.589. The number of rotatable bonds is 6. The van der Waals surface area contributed by atoms with E-state index in [0.29, 0.717) is 5.69 Å². The van der Waals surface area contributed by atoms with Gasteiger partial charge in [0.25, 0.3) is 0 Å². The molecule has 1 unspecified atom stereocenters. The Morgan fingerprint density at radius 2 is 1.81 bits per heavy atom. The van der Waals surface area contributed by atoms with E-state index in [0.717, 1.165) is 6.26 Å². The van der Waals surface area contributed by atoms with Gasteiger partial charge in [-0.25, -0.2) is 8.42 Å². The molecule has 116 valence electrons. The van der Waals surface area contributed by atoms with Crippen LogP contribution in [0, 0.1) is 0 Å². The van der Waals surface area contributed by atoms with Crippen molar-refractivity contribution in [2.24, 2.45) is 0 Å². The number of hydrogen-bond donors (Lipinski definition) is 1. The molecule has 1 rings (SSSR count). The first-order chi connectivity index (χ1) is 9.70. The average molecular weight is 312 g/mol. The van der Waals surface area contributed by atoms with Crippen molar-refractivity contribution < 1.29 is 18.0 Å². The maximum Gasteiger partial charge on any atom is 0.249 e. The number of likely N-dealkylation sites (N-methyl/N-ethyl adjacent to an activating group) is 1. The van der Waals surface area contributed by atoms with E-state index in [2.05, 4.69) is 5.32 Å². The highest BCUT2D eigenvalue weighted by Gasteiger charge is 2.24. The molecule has 0 aliphatic carbocycles. The fourth-order valence-corrected chi connectivity index (χ4v) is 2.51. The van der Waals surface area contributed by atoms with Gasteiger partial charge in [-0.1, -0.05) is 18.2 Å². The number of nitrogens with one attached hydrogen (secondary N) is 1. The lowest BCUT2D eigenvalue weighted by molar-refractivity contribution is -0.126. The molecule has 0 spiro atoms. The molecule has 6 nitrogen and oxygen atoms in total. The van der Waals surface area contributed by atoms with Crippen molar-refractivity contribution in [1.29, 1.82) is 0 Å². The van der Waals surface area contributed by atoms with E-state index in [1.165, 1.54) is 11.8 Å². The highest BCUT2D eigenvalue weighted by molar-refractivity contribution is 7.90. The van der Waals surface area contributed by atoms with Gasteiger partial charge in [-0.15, -0.1) is 0 Å². The lowest BCUT2D eigenvalue weighted by Crippen LogP contribution is -2.47. The van der Waals surface area contributed by atoms with E-state index >= 15 is 0 Å². The van der Waals surface area contributed by atoms with Crippen molar-refractivity contribution in [3.05, 3.63) is 30.3 Å². The molecular formula is C14H20N2O4S. The molecule has 0 fully saturated rings. The van der Waals surface area contributed by atoms with Gasteiger partial charge in [-0.05, 0) is 18.6 Å². The summed E-state index contributed by atoms with van der Waals surface area (Å²) >= 11 is 0. The fourth-order valence-electron chi connectivity index (χ4n) is 1.85. The third-order valence-corrected chi connectivity index (χ3v) is 3.90. The molecule has 0 heterocycles. The Hall–Kier alpha value is -1.89. The minimum absolute atomic E-state index is 0.0500. The van der Waals surface area contributed by atoms with Crippen LogP contribution in [0.5, 0.6) is 0 Å². The highest BCUT2D eigenvalue weighted by atomic mass is 32.2. The second-order valence-corrected chi connectivity index (χ2v) is 7.16. The van der Waals surface area contributed by atoms with Gasteiger partial charge in [0, 0.05) is 25.9 Å². The van der Waals surface area contributed by atoms with Gasteiger partial charge >= 0.3 is 0 Å². The number of amides is 2. The third-order valence-electron chi connectivity index (χ3n) is 2.93. The second kappa shape index (κ2) is 7.21. The Kier molecular flexibility index (Phi) is 5.90. The first-order valence-corrected chi connectivity index (χ1v) is 8.54. The number of carbonyl (C=O) groups excluding carboxylic acids is 2. The molecule has 1 aromatic rings. The number of carbonyl (C=O) groups is 2. The van der Waals surface area contributed by atoms with Crippen LogP contribution in [0.4, 0.5) is 5.69 Å². The zero-order valence-corrected chi connectivity index (χ0v) is 13.2. The number of sulfone groups is 1. The number of anilines is 1. The number of benzene rings is 1. The molecule has 1 N–H and O–H groups in total. The molecule has 0 radical (unpaired) electrons. The Balaban J connectivity index is 2.86. The smallest absolute Gasteiger partial charge is 0.249 e. The summed E-state index contributed by atoms with van der Waals surface area (Å²) in [7, 11) is -1.61. The van der Waals surface area contributed by atoms with Crippen LogP contribution < -0.4 is 10.2 Å². The number of hydrogen-bond acceptors (Lipinski definition) is 4. The van der Waals surface area contributed by atoms with E-state index in [4.69, 9.17) is 0 Å². The van der Waals surface area contributed by atoms with Crippen molar-refractivity contribution >= 4 is 27.3 Å². The van der Waals surface area contributed by atoms with Crippen LogP contribution in [-0.4, -0.2) is 45.3 Å². The average Bonchev–Trinajstić information content (AvgIpc) is 2.41. The van der Waals surface area contributed by atoms with E-state index in [-0.39, 0.29) is 24.0 Å². The third kappa shape index (κ3) is 5.95. The molecular weight excluding hydrogens is 292 g/mol. The normalized spacial score (nSPS) is 12.5. The summed E-state index contributed by atoms with van der Waals surface area (Å²) in [6.07, 6.45) is 1.15. The van der Waals surface area contributed by atoms with Gasteiger partial charge in [0.2, 0.25) is 11.8 Å². The first kappa shape index (κ1) is 17.2. The van der Waals surface area contributed by atoms with Gasteiger partial charge in [-0.2, -0.15) is 0 Å². The SMILES string of the molecule is CC(=O)NC(CCS(C)(=O)=O)C(=O)N(C)c1ccccc1. The van der Waals surface area contributed by atoms with Crippen LogP contribution in [0.2, 0.25) is 0 Å². The van der Waals surface area contributed by atoms with Gasteiger partial charge in [0.1, 0.15) is 15.9 Å². The molecule has 7 heteroatoms. The number of para-hydroxylation sites is 1. The summed E-state index contributed by atoms with van der Waals surface area (Å²) in [5.74, 6) is -0.880. The van der Waals surface area contributed by atoms with Crippen LogP contribution in [0.1, 0.15) is 13.3 Å². The van der Waals surface area contributed by atoms with Crippen molar-refractivity contribution in [2.45, 2.75) is 19.4 Å². The van der Waals surface area contributed by atoms with Crippen LogP contribution in [0.3, 0.4) is 0 Å². The zero-order valence-electron chi connectivity index (χ0n) is 12.4. The maximum absolute atomic E-state index is 12.4. The lowest BCUT2D eigenvalue weighted by atomic mass is 10.2. The van der Waals surface area contributed by atoms with Gasteiger partial charge in [0.15, 0.2) is 0 Å². The zero-order chi connectivity index (χ0) is 16.0. The monoisotopic (exact) mass is 312 g/mol. The van der Waals surface area contributed by atoms with Crippen LogP contribution in [-0.2, 0) is 19.4 Å². The van der Waals surface area contributed by atoms with Crippen molar-refractivity contribution in [3.63, 3.8) is 0 Å². The fraction of sp³-hybridized carbons (Fsp3) is 0.429. The van der Waals surface area contributed by atoms with E-state index in [1.54, 1.807) is 31.3 Å². The molecule has 0 saturated heterocycles. The Morgan fingerprint density at radius 3 is 2.29 bits per heavy atom. The van der Waals surface area contributed by atoms with E-state index in [1.807, 2.05) is 6.07 Å². The molecule has 1 aromatic carbocycles. The Labute approximate surface area is 125 Å². The second-order valence-electron chi connectivity index (χ2n) is 4.90. The first-order valence-electron chi connectivity index (χ1n) is 6.48. The largest absolute Gasteiger partial charge is 0.344 e. The molecule has 0 aliphatic rings. The number of nitrogens with zero attached hydrogens (tertiary/aromatic N) is 1. The van der Waals surface area contributed by atoms with Crippen LogP contribution in [0.25, 0.3) is 0 Å². The standard InChI is InChI=1S/C14H20N2O4S/c1-11(17)15-13(9-10-21(3,19)20)14(18)16(2)12-7-5-4-6-8-12/h4-8,13H,9-10H2,1-3H3,(H,15,17). The highest BCUT2D eigenvalue weighted by Crippen LogP contribution is 2.13. The van der Waals surface area contributed by atoms with Crippen molar-refractivity contribution in [1.82, 2.24) is 5.32 Å². The van der Waals surface area contributed by atoms with Crippen molar-refractivity contribution in [2.75, 3.05) is 24.0 Å². The minimum Gasteiger partial charge on any atom is -0.344 e. The van der Waals surface area contributed by atoms with Gasteiger partial charge in [0.05, 0.1) is 5.75 Å².